The third-order valence-corrected chi connectivity index (χ3v) is 4.40. The summed E-state index contributed by atoms with van der Waals surface area (Å²) in [5, 5.41) is 21.3. The Kier molecular flexibility index (Phi) is 6.31. The van der Waals surface area contributed by atoms with E-state index < -0.39 is 11.5 Å². The Morgan fingerprint density at radius 3 is 2.40 bits per heavy atom. The van der Waals surface area contributed by atoms with Crippen molar-refractivity contribution in [3.8, 4) is 0 Å². The van der Waals surface area contributed by atoms with Crippen LogP contribution in [0, 0.1) is 0 Å². The highest BCUT2D eigenvalue weighted by atomic mass is 16.3. The van der Waals surface area contributed by atoms with Gasteiger partial charge in [0.25, 0.3) is 0 Å². The summed E-state index contributed by atoms with van der Waals surface area (Å²) in [6.07, 6.45) is 1.28. The van der Waals surface area contributed by atoms with Gasteiger partial charge in [-0.25, -0.2) is 0 Å². The molecule has 5 nitrogen and oxygen atoms in total. The van der Waals surface area contributed by atoms with Crippen molar-refractivity contribution in [2.24, 2.45) is 5.73 Å². The van der Waals surface area contributed by atoms with E-state index in [-0.39, 0.29) is 6.61 Å². The number of nitrogens with zero attached hydrogens (tertiary/aromatic N) is 1. The van der Waals surface area contributed by atoms with Gasteiger partial charge in [0, 0.05) is 5.56 Å². The number of aliphatic hydroxyl groups is 2. The second-order valence-electron chi connectivity index (χ2n) is 6.53. The normalized spacial score (nSPS) is 13.6. The molecule has 2 rings (SSSR count). The lowest BCUT2D eigenvalue weighted by Gasteiger charge is -2.32. The molecule has 0 aliphatic carbocycles. The maximum absolute atomic E-state index is 11.6. The van der Waals surface area contributed by atoms with Crippen molar-refractivity contribution in [3.63, 3.8) is 0 Å². The molecule has 5 heteroatoms. The van der Waals surface area contributed by atoms with Crippen LogP contribution in [0.5, 0.6) is 0 Å². The van der Waals surface area contributed by atoms with Gasteiger partial charge in [-0.3, -0.25) is 4.79 Å². The molecule has 1 amide bonds. The number of benzene rings is 2. The molecule has 0 radical (unpaired) electrons. The van der Waals surface area contributed by atoms with Gasteiger partial charge in [-0.2, -0.15) is 0 Å². The van der Waals surface area contributed by atoms with Crippen LogP contribution in [0.1, 0.15) is 39.9 Å². The monoisotopic (exact) mass is 342 g/mol. The Labute approximate surface area is 148 Å². The molecule has 0 saturated carbocycles. The first-order valence-corrected chi connectivity index (χ1v) is 8.35. The average molecular weight is 342 g/mol. The Balaban J connectivity index is 2.50. The van der Waals surface area contributed by atoms with E-state index >= 15 is 0 Å². The van der Waals surface area contributed by atoms with Crippen molar-refractivity contribution in [1.29, 1.82) is 0 Å². The van der Waals surface area contributed by atoms with E-state index in [0.29, 0.717) is 23.1 Å². The van der Waals surface area contributed by atoms with E-state index in [4.69, 9.17) is 5.73 Å². The summed E-state index contributed by atoms with van der Waals surface area (Å²) in [6.45, 7) is 0.558. The molecule has 2 aromatic carbocycles. The number of hydrogen-bond acceptors (Lipinski definition) is 4. The smallest absolute Gasteiger partial charge is 0.248 e. The molecule has 0 aromatic heterocycles. The fraction of sp³-hybridized carbons (Fsp3) is 0.350. The number of primary amides is 1. The highest BCUT2D eigenvalue weighted by molar-refractivity contribution is 5.93. The topological polar surface area (TPSA) is 86.8 Å². The van der Waals surface area contributed by atoms with Crippen LogP contribution >= 0.6 is 0 Å². The molecular formula is C20H26N2O3. The molecule has 0 spiro atoms. The first-order chi connectivity index (χ1) is 11.9. The van der Waals surface area contributed by atoms with Crippen LogP contribution < -0.4 is 5.73 Å². The zero-order valence-corrected chi connectivity index (χ0v) is 14.8. The van der Waals surface area contributed by atoms with Gasteiger partial charge in [-0.15, -0.1) is 0 Å². The van der Waals surface area contributed by atoms with Crippen molar-refractivity contribution in [3.05, 3.63) is 70.8 Å². The highest BCUT2D eigenvalue weighted by Gasteiger charge is 2.33. The number of nitrogens with two attached hydrogens (primary N) is 1. The third-order valence-electron chi connectivity index (χ3n) is 4.40. The van der Waals surface area contributed by atoms with Crippen LogP contribution in [0.25, 0.3) is 0 Å². The summed E-state index contributed by atoms with van der Waals surface area (Å²) in [5.41, 5.74) is 6.27. The standard InChI is InChI=1S/C20H26N2O3/c1-22(2)12-6-11-20(25,17-7-4-3-5-8-17)18-10-9-15(19(21)24)13-16(18)14-23/h3-5,7-10,13,23,25H,6,11-12,14H2,1-2H3,(H2,21,24). The van der Waals surface area contributed by atoms with E-state index in [9.17, 15) is 15.0 Å². The van der Waals surface area contributed by atoms with Gasteiger partial charge < -0.3 is 20.8 Å². The molecule has 1 atom stereocenters. The zero-order valence-electron chi connectivity index (χ0n) is 14.8. The van der Waals surface area contributed by atoms with Crippen molar-refractivity contribution >= 4 is 5.91 Å². The second-order valence-corrected chi connectivity index (χ2v) is 6.53. The molecule has 4 N–H and O–H groups in total. The summed E-state index contributed by atoms with van der Waals surface area (Å²) >= 11 is 0. The van der Waals surface area contributed by atoms with E-state index in [2.05, 4.69) is 4.90 Å². The van der Waals surface area contributed by atoms with Crippen LogP contribution in [0.3, 0.4) is 0 Å². The maximum Gasteiger partial charge on any atom is 0.248 e. The number of hydrogen-bond donors (Lipinski definition) is 3. The first-order valence-electron chi connectivity index (χ1n) is 8.35. The SMILES string of the molecule is CN(C)CCCC(O)(c1ccccc1)c1ccc(C(N)=O)cc1CO. The van der Waals surface area contributed by atoms with Crippen LogP contribution in [0.4, 0.5) is 0 Å². The lowest BCUT2D eigenvalue weighted by atomic mass is 9.80. The molecule has 0 saturated heterocycles. The zero-order chi connectivity index (χ0) is 18.4. The quantitative estimate of drug-likeness (QED) is 0.683. The number of rotatable bonds is 8. The van der Waals surface area contributed by atoms with Gasteiger partial charge in [0.1, 0.15) is 5.60 Å². The molecule has 0 aliphatic rings. The predicted molar refractivity (Wildman–Crippen MR) is 98.1 cm³/mol. The fourth-order valence-corrected chi connectivity index (χ4v) is 3.08. The Hall–Kier alpha value is -2.21. The first kappa shape index (κ1) is 19.1. The number of amides is 1. The maximum atomic E-state index is 11.6. The van der Waals surface area contributed by atoms with Crippen molar-refractivity contribution in [1.82, 2.24) is 4.90 Å². The van der Waals surface area contributed by atoms with Crippen LogP contribution in [0.2, 0.25) is 0 Å². The Morgan fingerprint density at radius 2 is 1.84 bits per heavy atom. The minimum atomic E-state index is -1.24. The molecule has 0 heterocycles. The van der Waals surface area contributed by atoms with Crippen LogP contribution in [0.15, 0.2) is 48.5 Å². The van der Waals surface area contributed by atoms with Crippen molar-refractivity contribution in [2.45, 2.75) is 25.0 Å². The molecule has 0 aliphatic heterocycles. The molecule has 0 fully saturated rings. The average Bonchev–Trinajstić information content (AvgIpc) is 2.61. The molecule has 1 unspecified atom stereocenters. The van der Waals surface area contributed by atoms with Gasteiger partial charge in [0.15, 0.2) is 0 Å². The Bertz CT molecular complexity index is 716. The number of carbonyl (C=O) groups is 1. The summed E-state index contributed by atoms with van der Waals surface area (Å²) in [5.74, 6) is -0.558. The van der Waals surface area contributed by atoms with Crippen molar-refractivity contribution < 1.29 is 15.0 Å². The van der Waals surface area contributed by atoms with Gasteiger partial charge in [-0.05, 0) is 62.3 Å². The van der Waals surface area contributed by atoms with E-state index in [0.717, 1.165) is 18.5 Å². The van der Waals surface area contributed by atoms with Crippen LogP contribution in [-0.2, 0) is 12.2 Å². The lowest BCUT2D eigenvalue weighted by molar-refractivity contribution is 0.0640. The molecule has 134 valence electrons. The van der Waals surface area contributed by atoms with Gasteiger partial charge >= 0.3 is 0 Å². The number of aliphatic hydroxyl groups excluding tert-OH is 1. The van der Waals surface area contributed by atoms with Gasteiger partial charge in [0.2, 0.25) is 5.91 Å². The summed E-state index contributed by atoms with van der Waals surface area (Å²) in [4.78, 5) is 13.5. The van der Waals surface area contributed by atoms with E-state index in [1.165, 1.54) is 0 Å². The summed E-state index contributed by atoms with van der Waals surface area (Å²) < 4.78 is 0. The Morgan fingerprint density at radius 1 is 1.16 bits per heavy atom. The van der Waals surface area contributed by atoms with Crippen LogP contribution in [-0.4, -0.2) is 41.7 Å². The van der Waals surface area contributed by atoms with Gasteiger partial charge in [-0.1, -0.05) is 36.4 Å². The minimum Gasteiger partial charge on any atom is -0.392 e. The molecule has 2 aromatic rings. The molecule has 25 heavy (non-hydrogen) atoms. The van der Waals surface area contributed by atoms with E-state index in [1.807, 2.05) is 44.4 Å². The van der Waals surface area contributed by atoms with Crippen molar-refractivity contribution in [2.75, 3.05) is 20.6 Å². The largest absolute Gasteiger partial charge is 0.392 e. The fourth-order valence-electron chi connectivity index (χ4n) is 3.08. The second kappa shape index (κ2) is 8.25. The molecule has 0 bridgehead atoms. The minimum absolute atomic E-state index is 0.278. The van der Waals surface area contributed by atoms with Gasteiger partial charge in [0.05, 0.1) is 6.61 Å². The van der Waals surface area contributed by atoms with E-state index in [1.54, 1.807) is 18.2 Å². The number of carbonyl (C=O) groups excluding carboxylic acids is 1. The summed E-state index contributed by atoms with van der Waals surface area (Å²) in [6, 6.07) is 14.2. The predicted octanol–water partition coefficient (Wildman–Crippen LogP) is 1.86. The highest BCUT2D eigenvalue weighted by Crippen LogP contribution is 2.36. The third kappa shape index (κ3) is 4.45. The molecular weight excluding hydrogens is 316 g/mol. The lowest BCUT2D eigenvalue weighted by Crippen LogP contribution is -2.30. The summed E-state index contributed by atoms with van der Waals surface area (Å²) in [7, 11) is 3.98.